The molecule has 2 aromatic rings. The molecule has 0 saturated heterocycles. The minimum Gasteiger partial charge on any atom is -0.497 e. The van der Waals surface area contributed by atoms with Gasteiger partial charge in [-0.15, -0.1) is 0 Å². The van der Waals surface area contributed by atoms with E-state index in [2.05, 4.69) is 5.32 Å². The van der Waals surface area contributed by atoms with E-state index < -0.39 is 6.10 Å². The van der Waals surface area contributed by atoms with Crippen LogP contribution < -0.4 is 14.8 Å². The molecule has 0 radical (unpaired) electrons. The molecule has 1 aliphatic heterocycles. The van der Waals surface area contributed by atoms with Crippen molar-refractivity contribution in [2.45, 2.75) is 12.5 Å². The van der Waals surface area contributed by atoms with Crippen molar-refractivity contribution in [3.05, 3.63) is 58.6 Å². The van der Waals surface area contributed by atoms with Crippen molar-refractivity contribution >= 4 is 11.6 Å². The van der Waals surface area contributed by atoms with Crippen LogP contribution in [0, 0.1) is 5.92 Å². The molecule has 5 heteroatoms. The van der Waals surface area contributed by atoms with Gasteiger partial charge in [-0.1, -0.05) is 23.7 Å². The maximum absolute atomic E-state index is 10.2. The molecule has 2 N–H and O–H groups in total. The maximum Gasteiger partial charge on any atom is 0.122 e. The molecular weight excluding hydrogens is 326 g/mol. The van der Waals surface area contributed by atoms with Crippen LogP contribution in [0.4, 0.5) is 0 Å². The van der Waals surface area contributed by atoms with Crippen molar-refractivity contribution in [1.29, 1.82) is 0 Å². The first-order valence-corrected chi connectivity index (χ1v) is 8.47. The Morgan fingerprint density at radius 1 is 1.33 bits per heavy atom. The van der Waals surface area contributed by atoms with Crippen LogP contribution in [0.15, 0.2) is 42.5 Å². The smallest absolute Gasteiger partial charge is 0.122 e. The van der Waals surface area contributed by atoms with Gasteiger partial charge in [-0.2, -0.15) is 0 Å². The molecule has 4 nitrogen and oxygen atoms in total. The van der Waals surface area contributed by atoms with Crippen LogP contribution in [-0.4, -0.2) is 31.9 Å². The van der Waals surface area contributed by atoms with Crippen molar-refractivity contribution < 1.29 is 14.6 Å². The van der Waals surface area contributed by atoms with Crippen LogP contribution in [0.25, 0.3) is 0 Å². The molecule has 24 heavy (non-hydrogen) atoms. The van der Waals surface area contributed by atoms with Crippen LogP contribution in [0.1, 0.15) is 17.2 Å². The predicted molar refractivity (Wildman–Crippen MR) is 95.0 cm³/mol. The molecule has 2 aromatic carbocycles. The molecule has 0 aliphatic carbocycles. The van der Waals surface area contributed by atoms with Gasteiger partial charge < -0.3 is 19.9 Å². The normalized spacial score (nSPS) is 17.7. The van der Waals surface area contributed by atoms with E-state index in [4.69, 9.17) is 21.1 Å². The second kappa shape index (κ2) is 7.88. The lowest BCUT2D eigenvalue weighted by atomic mass is 9.96. The number of ether oxygens (including phenoxy) is 2. The van der Waals surface area contributed by atoms with Crippen molar-refractivity contribution in [2.75, 3.05) is 26.8 Å². The van der Waals surface area contributed by atoms with E-state index in [0.717, 1.165) is 30.0 Å². The molecule has 1 heterocycles. The summed E-state index contributed by atoms with van der Waals surface area (Å²) in [5, 5.41) is 14.2. The van der Waals surface area contributed by atoms with E-state index in [1.807, 2.05) is 30.3 Å². The fourth-order valence-electron chi connectivity index (χ4n) is 2.95. The third-order valence-corrected chi connectivity index (χ3v) is 4.49. The number of aliphatic hydroxyl groups is 1. The molecule has 0 saturated carbocycles. The number of hydrogen-bond acceptors (Lipinski definition) is 4. The third kappa shape index (κ3) is 4.20. The molecule has 3 rings (SSSR count). The van der Waals surface area contributed by atoms with E-state index in [0.29, 0.717) is 24.1 Å². The van der Waals surface area contributed by atoms with E-state index in [9.17, 15) is 5.11 Å². The van der Waals surface area contributed by atoms with E-state index in [1.54, 1.807) is 19.2 Å². The van der Waals surface area contributed by atoms with Gasteiger partial charge in [0, 0.05) is 24.0 Å². The number of methoxy groups -OCH3 is 1. The average molecular weight is 348 g/mol. The molecule has 128 valence electrons. The van der Waals surface area contributed by atoms with Gasteiger partial charge in [0.25, 0.3) is 0 Å². The van der Waals surface area contributed by atoms with Gasteiger partial charge in [0.15, 0.2) is 0 Å². The Morgan fingerprint density at radius 2 is 2.21 bits per heavy atom. The summed E-state index contributed by atoms with van der Waals surface area (Å²) in [6, 6.07) is 13.2. The highest BCUT2D eigenvalue weighted by atomic mass is 35.5. The summed E-state index contributed by atoms with van der Waals surface area (Å²) in [5.41, 5.74) is 1.99. The number of rotatable bonds is 6. The highest BCUT2D eigenvalue weighted by molar-refractivity contribution is 6.30. The first-order valence-electron chi connectivity index (χ1n) is 8.09. The summed E-state index contributed by atoms with van der Waals surface area (Å²) >= 11 is 5.96. The Bertz CT molecular complexity index is 692. The maximum atomic E-state index is 10.2. The fourth-order valence-corrected chi connectivity index (χ4v) is 3.15. The van der Waals surface area contributed by atoms with Crippen molar-refractivity contribution in [3.8, 4) is 11.5 Å². The summed E-state index contributed by atoms with van der Waals surface area (Å²) in [4.78, 5) is 0. The quantitative estimate of drug-likeness (QED) is 0.842. The molecule has 0 bridgehead atoms. The van der Waals surface area contributed by atoms with Crippen molar-refractivity contribution in [1.82, 2.24) is 5.32 Å². The Morgan fingerprint density at radius 3 is 3.00 bits per heavy atom. The molecule has 0 spiro atoms. The second-order valence-electron chi connectivity index (χ2n) is 6.08. The molecular formula is C19H22ClNO3. The molecule has 1 aliphatic rings. The molecule has 0 amide bonds. The Balaban J connectivity index is 1.50. The number of hydrogen-bond donors (Lipinski definition) is 2. The van der Waals surface area contributed by atoms with Gasteiger partial charge in [0.05, 0.1) is 19.8 Å². The Hall–Kier alpha value is -1.75. The Kier molecular flexibility index (Phi) is 5.61. The van der Waals surface area contributed by atoms with E-state index >= 15 is 0 Å². The summed E-state index contributed by atoms with van der Waals surface area (Å²) < 4.78 is 11.1. The number of fused-ring (bicyclic) bond motifs is 1. The zero-order valence-electron chi connectivity index (χ0n) is 13.7. The van der Waals surface area contributed by atoms with Crippen LogP contribution in [0.5, 0.6) is 11.5 Å². The van der Waals surface area contributed by atoms with Gasteiger partial charge in [-0.25, -0.2) is 0 Å². The lowest BCUT2D eigenvalue weighted by Gasteiger charge is -2.26. The van der Waals surface area contributed by atoms with Gasteiger partial charge in [-0.05, 0) is 47.9 Å². The summed E-state index contributed by atoms with van der Waals surface area (Å²) in [6.45, 7) is 1.95. The second-order valence-corrected chi connectivity index (χ2v) is 6.52. The number of halogens is 1. The summed E-state index contributed by atoms with van der Waals surface area (Å²) in [5.74, 6) is 2.16. The van der Waals surface area contributed by atoms with Gasteiger partial charge in [-0.3, -0.25) is 0 Å². The molecule has 2 atom stereocenters. The van der Waals surface area contributed by atoms with Gasteiger partial charge >= 0.3 is 0 Å². The minimum atomic E-state index is -0.569. The average Bonchev–Trinajstić information content (AvgIpc) is 2.61. The zero-order chi connectivity index (χ0) is 16.9. The van der Waals surface area contributed by atoms with E-state index in [-0.39, 0.29) is 0 Å². The highest BCUT2D eigenvalue weighted by Crippen LogP contribution is 2.30. The third-order valence-electron chi connectivity index (χ3n) is 4.25. The molecule has 0 aromatic heterocycles. The lowest BCUT2D eigenvalue weighted by molar-refractivity contribution is 0.165. The number of aliphatic hydroxyl groups excluding tert-OH is 1. The fraction of sp³-hybridized carbons (Fsp3) is 0.368. The summed E-state index contributed by atoms with van der Waals surface area (Å²) in [7, 11) is 1.67. The topological polar surface area (TPSA) is 50.7 Å². The van der Waals surface area contributed by atoms with Crippen LogP contribution >= 0.6 is 11.6 Å². The van der Waals surface area contributed by atoms with Gasteiger partial charge in [0.1, 0.15) is 11.5 Å². The number of benzene rings is 2. The lowest BCUT2D eigenvalue weighted by Crippen LogP contribution is -2.33. The number of nitrogens with one attached hydrogen (secondary N) is 1. The van der Waals surface area contributed by atoms with E-state index in [1.165, 1.54) is 5.56 Å². The minimum absolute atomic E-state index is 0.371. The largest absolute Gasteiger partial charge is 0.497 e. The first kappa shape index (κ1) is 17.1. The predicted octanol–water partition coefficient (Wildman–Crippen LogP) is 3.22. The standard InChI is InChI=1S/C19H22ClNO3/c1-23-17-5-6-19-15(9-17)7-13(12-24-19)10-21-11-18(22)14-3-2-4-16(20)8-14/h2-6,8-9,13,18,21-22H,7,10-12H2,1H3/t13?,18-/m1/s1. The SMILES string of the molecule is COc1ccc2c(c1)CC(CNC[C@@H](O)c1cccc(Cl)c1)CO2. The summed E-state index contributed by atoms with van der Waals surface area (Å²) in [6.07, 6.45) is 0.368. The Labute approximate surface area is 147 Å². The van der Waals surface area contributed by atoms with Crippen LogP contribution in [0.2, 0.25) is 5.02 Å². The van der Waals surface area contributed by atoms with Crippen molar-refractivity contribution in [3.63, 3.8) is 0 Å². The van der Waals surface area contributed by atoms with Crippen LogP contribution in [0.3, 0.4) is 0 Å². The van der Waals surface area contributed by atoms with Gasteiger partial charge in [0.2, 0.25) is 0 Å². The highest BCUT2D eigenvalue weighted by Gasteiger charge is 2.20. The van der Waals surface area contributed by atoms with Crippen molar-refractivity contribution in [2.24, 2.45) is 5.92 Å². The zero-order valence-corrected chi connectivity index (χ0v) is 14.4. The monoisotopic (exact) mass is 347 g/mol. The first-order chi connectivity index (χ1) is 11.7. The van der Waals surface area contributed by atoms with Crippen LogP contribution in [-0.2, 0) is 6.42 Å². The molecule has 1 unspecified atom stereocenters. The molecule has 0 fully saturated rings.